The first-order valence-corrected chi connectivity index (χ1v) is 6.22. The lowest BCUT2D eigenvalue weighted by atomic mass is 10.1. The predicted octanol–water partition coefficient (Wildman–Crippen LogP) is 1.93. The number of fused-ring (bicyclic) bond motifs is 2. The number of esters is 1. The Kier molecular flexibility index (Phi) is 2.74. The van der Waals surface area contributed by atoms with Crippen molar-refractivity contribution in [2.24, 2.45) is 0 Å². The number of pyridine rings is 1. The Morgan fingerprint density at radius 1 is 1.47 bits per heavy atom. The number of benzene rings is 1. The Bertz CT molecular complexity index is 667. The first kappa shape index (κ1) is 11.8. The van der Waals surface area contributed by atoms with E-state index < -0.39 is 5.97 Å². The quantitative estimate of drug-likeness (QED) is 0.833. The smallest absolute Gasteiger partial charge is 0.359 e. The van der Waals surface area contributed by atoms with Crippen LogP contribution in [0.4, 0.5) is 5.69 Å². The number of ether oxygens (including phenoxy) is 2. The zero-order valence-electron chi connectivity index (χ0n) is 10.6. The van der Waals surface area contributed by atoms with Gasteiger partial charge in [-0.15, -0.1) is 0 Å². The molecule has 2 aromatic rings. The van der Waals surface area contributed by atoms with E-state index in [1.54, 1.807) is 13.0 Å². The molecule has 5 nitrogen and oxygen atoms in total. The van der Waals surface area contributed by atoms with Crippen molar-refractivity contribution in [3.05, 3.63) is 29.5 Å². The molecule has 1 aromatic heterocycles. The van der Waals surface area contributed by atoms with Gasteiger partial charge in [0.2, 0.25) is 0 Å². The van der Waals surface area contributed by atoms with Crippen molar-refractivity contribution in [3.8, 4) is 5.75 Å². The van der Waals surface area contributed by atoms with Gasteiger partial charge in [-0.1, -0.05) is 0 Å². The van der Waals surface area contributed by atoms with E-state index in [-0.39, 0.29) is 5.69 Å². The maximum atomic E-state index is 11.8. The molecule has 0 bridgehead atoms. The Morgan fingerprint density at radius 3 is 3.11 bits per heavy atom. The molecule has 98 valence electrons. The van der Waals surface area contributed by atoms with Gasteiger partial charge in [0, 0.05) is 11.8 Å². The highest BCUT2D eigenvalue weighted by molar-refractivity contribution is 5.97. The lowest BCUT2D eigenvalue weighted by Gasteiger charge is -2.08. The molecule has 3 rings (SSSR count). The molecule has 0 aliphatic carbocycles. The number of nitrogens with two attached hydrogens (primary N) is 1. The number of carbonyl (C=O) groups excluding carboxylic acids is 1. The number of carbonyl (C=O) groups is 1. The molecule has 0 spiro atoms. The fraction of sp³-hybridized carbons (Fsp3) is 0.286. The standard InChI is InChI=1S/C14H14N2O3/c1-2-18-14(17)13-10(15)5-9-7-12-8(3-4-19-12)6-11(9)16-13/h5-7H,2-4,15H2,1H3. The van der Waals surface area contributed by atoms with E-state index in [2.05, 4.69) is 4.98 Å². The van der Waals surface area contributed by atoms with E-state index in [0.29, 0.717) is 18.9 Å². The minimum Gasteiger partial charge on any atom is -0.493 e. The molecule has 0 unspecified atom stereocenters. The largest absolute Gasteiger partial charge is 0.493 e. The Balaban J connectivity index is 2.14. The van der Waals surface area contributed by atoms with E-state index in [4.69, 9.17) is 15.2 Å². The van der Waals surface area contributed by atoms with Gasteiger partial charge in [-0.3, -0.25) is 0 Å². The molecule has 2 N–H and O–H groups in total. The van der Waals surface area contributed by atoms with Crippen molar-refractivity contribution >= 4 is 22.6 Å². The Labute approximate surface area is 110 Å². The zero-order valence-corrected chi connectivity index (χ0v) is 10.6. The van der Waals surface area contributed by atoms with Gasteiger partial charge in [-0.25, -0.2) is 9.78 Å². The number of hydrogen-bond donors (Lipinski definition) is 1. The maximum Gasteiger partial charge on any atom is 0.359 e. The van der Waals surface area contributed by atoms with Crippen molar-refractivity contribution in [3.63, 3.8) is 0 Å². The summed E-state index contributed by atoms with van der Waals surface area (Å²) in [6.07, 6.45) is 0.867. The van der Waals surface area contributed by atoms with Gasteiger partial charge in [0.1, 0.15) is 5.75 Å². The normalized spacial score (nSPS) is 13.1. The van der Waals surface area contributed by atoms with E-state index >= 15 is 0 Å². The summed E-state index contributed by atoms with van der Waals surface area (Å²) in [5, 5.41) is 0.867. The van der Waals surface area contributed by atoms with E-state index in [1.807, 2.05) is 12.1 Å². The highest BCUT2D eigenvalue weighted by Gasteiger charge is 2.17. The maximum absolute atomic E-state index is 11.8. The zero-order chi connectivity index (χ0) is 13.4. The molecule has 0 radical (unpaired) electrons. The third kappa shape index (κ3) is 1.97. The second kappa shape index (κ2) is 4.42. The summed E-state index contributed by atoms with van der Waals surface area (Å²) < 4.78 is 10.4. The van der Waals surface area contributed by atoms with Crippen molar-refractivity contribution < 1.29 is 14.3 Å². The molecule has 1 aromatic carbocycles. The number of nitrogens with zero attached hydrogens (tertiary/aromatic N) is 1. The van der Waals surface area contributed by atoms with Gasteiger partial charge in [-0.05, 0) is 30.7 Å². The summed E-state index contributed by atoms with van der Waals surface area (Å²) in [6.45, 7) is 2.74. The predicted molar refractivity (Wildman–Crippen MR) is 71.3 cm³/mol. The van der Waals surface area contributed by atoms with Crippen LogP contribution in [0.5, 0.6) is 5.75 Å². The van der Waals surface area contributed by atoms with Crippen molar-refractivity contribution in [2.45, 2.75) is 13.3 Å². The summed E-state index contributed by atoms with van der Waals surface area (Å²) in [6, 6.07) is 5.59. The Hall–Kier alpha value is -2.30. The summed E-state index contributed by atoms with van der Waals surface area (Å²) in [5.74, 6) is 0.385. The highest BCUT2D eigenvalue weighted by Crippen LogP contribution is 2.31. The fourth-order valence-electron chi connectivity index (χ4n) is 2.22. The average Bonchev–Trinajstić information content (AvgIpc) is 2.82. The Morgan fingerprint density at radius 2 is 2.32 bits per heavy atom. The van der Waals surface area contributed by atoms with Crippen LogP contribution in [0.15, 0.2) is 18.2 Å². The van der Waals surface area contributed by atoms with Crippen LogP contribution in [0, 0.1) is 0 Å². The molecule has 19 heavy (non-hydrogen) atoms. The summed E-state index contributed by atoms with van der Waals surface area (Å²) in [5.41, 5.74) is 8.20. The van der Waals surface area contributed by atoms with Crippen LogP contribution in [0.1, 0.15) is 23.0 Å². The molecule has 0 atom stereocenters. The number of hydrogen-bond acceptors (Lipinski definition) is 5. The van der Waals surface area contributed by atoms with Crippen molar-refractivity contribution in [2.75, 3.05) is 18.9 Å². The van der Waals surface area contributed by atoms with Gasteiger partial charge in [0.05, 0.1) is 24.4 Å². The van der Waals surface area contributed by atoms with Crippen LogP contribution >= 0.6 is 0 Å². The third-order valence-electron chi connectivity index (χ3n) is 3.12. The molecule has 0 amide bonds. The van der Waals surface area contributed by atoms with Gasteiger partial charge in [0.15, 0.2) is 5.69 Å². The topological polar surface area (TPSA) is 74.4 Å². The average molecular weight is 258 g/mol. The molecule has 2 heterocycles. The summed E-state index contributed by atoms with van der Waals surface area (Å²) >= 11 is 0. The molecular formula is C14H14N2O3. The SMILES string of the molecule is CCOC(=O)c1nc2cc3c(cc2cc1N)OCC3. The molecule has 1 aliphatic heterocycles. The molecule has 5 heteroatoms. The first-order chi connectivity index (χ1) is 9.19. The molecule has 0 fully saturated rings. The summed E-state index contributed by atoms with van der Waals surface area (Å²) in [7, 11) is 0. The second-order valence-electron chi connectivity index (χ2n) is 4.40. The fourth-order valence-corrected chi connectivity index (χ4v) is 2.22. The lowest BCUT2D eigenvalue weighted by molar-refractivity contribution is 0.0521. The lowest BCUT2D eigenvalue weighted by Crippen LogP contribution is -2.10. The minimum atomic E-state index is -0.487. The van der Waals surface area contributed by atoms with E-state index in [1.165, 1.54) is 0 Å². The van der Waals surface area contributed by atoms with Crippen molar-refractivity contribution in [1.29, 1.82) is 0 Å². The molecular weight excluding hydrogens is 244 g/mol. The number of rotatable bonds is 2. The minimum absolute atomic E-state index is 0.174. The van der Waals surface area contributed by atoms with Gasteiger partial charge >= 0.3 is 5.97 Å². The van der Waals surface area contributed by atoms with Crippen LogP contribution < -0.4 is 10.5 Å². The van der Waals surface area contributed by atoms with Crippen LogP contribution in [0.25, 0.3) is 10.9 Å². The molecule has 0 saturated carbocycles. The first-order valence-electron chi connectivity index (χ1n) is 6.22. The van der Waals surface area contributed by atoms with Crippen molar-refractivity contribution in [1.82, 2.24) is 4.98 Å². The monoisotopic (exact) mass is 258 g/mol. The molecule has 0 saturated heterocycles. The molecule has 1 aliphatic rings. The van der Waals surface area contributed by atoms with Crippen LogP contribution in [0.2, 0.25) is 0 Å². The van der Waals surface area contributed by atoms with Crippen LogP contribution in [0.3, 0.4) is 0 Å². The second-order valence-corrected chi connectivity index (χ2v) is 4.40. The van der Waals surface area contributed by atoms with Gasteiger partial charge in [0.25, 0.3) is 0 Å². The van der Waals surface area contributed by atoms with Gasteiger partial charge in [-0.2, -0.15) is 0 Å². The highest BCUT2D eigenvalue weighted by atomic mass is 16.5. The van der Waals surface area contributed by atoms with E-state index in [9.17, 15) is 4.79 Å². The third-order valence-corrected chi connectivity index (χ3v) is 3.12. The van der Waals surface area contributed by atoms with Gasteiger partial charge < -0.3 is 15.2 Å². The number of aromatic nitrogens is 1. The van der Waals surface area contributed by atoms with Crippen LogP contribution in [-0.4, -0.2) is 24.2 Å². The van der Waals surface area contributed by atoms with Crippen LogP contribution in [-0.2, 0) is 11.2 Å². The summed E-state index contributed by atoms with van der Waals surface area (Å²) in [4.78, 5) is 16.1. The number of anilines is 1. The number of nitrogen functional groups attached to an aromatic ring is 1. The van der Waals surface area contributed by atoms with E-state index in [0.717, 1.165) is 28.6 Å².